The molecule has 1 aliphatic heterocycles. The Bertz CT molecular complexity index is 1140. The SMILES string of the molecule is Cc1ccc2nc(C)c(NC(=O)[C@H](C)Oc3ccc4c(c3)OCO4)c(=O)n2c1. The molecule has 0 aliphatic carbocycles. The molecule has 0 saturated heterocycles. The van der Waals surface area contributed by atoms with Crippen LogP contribution in [-0.4, -0.2) is 28.2 Å². The van der Waals surface area contributed by atoms with E-state index in [4.69, 9.17) is 14.2 Å². The van der Waals surface area contributed by atoms with Crippen LogP contribution in [0.1, 0.15) is 18.2 Å². The maximum Gasteiger partial charge on any atom is 0.281 e. The predicted molar refractivity (Wildman–Crippen MR) is 102 cm³/mol. The van der Waals surface area contributed by atoms with Crippen LogP contribution in [0.5, 0.6) is 17.2 Å². The molecule has 144 valence electrons. The first-order valence-electron chi connectivity index (χ1n) is 8.79. The van der Waals surface area contributed by atoms with Crippen molar-refractivity contribution in [2.24, 2.45) is 0 Å². The molecule has 2 aromatic heterocycles. The molecule has 0 spiro atoms. The molecule has 8 nitrogen and oxygen atoms in total. The van der Waals surface area contributed by atoms with Gasteiger partial charge in [-0.1, -0.05) is 6.07 Å². The first-order chi connectivity index (χ1) is 13.4. The van der Waals surface area contributed by atoms with Crippen LogP contribution in [0, 0.1) is 13.8 Å². The number of aromatic nitrogens is 2. The molecule has 0 unspecified atom stereocenters. The number of carbonyl (C=O) groups excluding carboxylic acids is 1. The van der Waals surface area contributed by atoms with E-state index in [-0.39, 0.29) is 18.0 Å². The van der Waals surface area contributed by atoms with Crippen molar-refractivity contribution in [2.75, 3.05) is 12.1 Å². The van der Waals surface area contributed by atoms with Gasteiger partial charge in [-0.2, -0.15) is 0 Å². The van der Waals surface area contributed by atoms with Gasteiger partial charge in [-0.25, -0.2) is 4.98 Å². The molecule has 1 atom stereocenters. The number of anilines is 1. The van der Waals surface area contributed by atoms with Crippen molar-refractivity contribution >= 4 is 17.2 Å². The van der Waals surface area contributed by atoms with E-state index >= 15 is 0 Å². The third-order valence-electron chi connectivity index (χ3n) is 4.43. The molecule has 0 radical (unpaired) electrons. The van der Waals surface area contributed by atoms with Gasteiger partial charge in [0.2, 0.25) is 6.79 Å². The van der Waals surface area contributed by atoms with Crippen molar-refractivity contribution in [3.05, 3.63) is 58.1 Å². The number of hydrogen-bond donors (Lipinski definition) is 1. The van der Waals surface area contributed by atoms with E-state index < -0.39 is 12.0 Å². The summed E-state index contributed by atoms with van der Waals surface area (Å²) in [6.45, 7) is 5.32. The van der Waals surface area contributed by atoms with Gasteiger partial charge in [0.25, 0.3) is 11.5 Å². The highest BCUT2D eigenvalue weighted by atomic mass is 16.7. The standard InChI is InChI=1S/C20H19N3O5/c1-11-4-7-17-21-12(2)18(20(25)23(17)9-11)22-19(24)13(3)28-14-5-6-15-16(8-14)27-10-26-15/h4-9,13H,10H2,1-3H3,(H,22,24)/t13-/m0/s1. The van der Waals surface area contributed by atoms with E-state index in [1.54, 1.807) is 44.3 Å². The van der Waals surface area contributed by atoms with E-state index in [0.717, 1.165) is 5.56 Å². The van der Waals surface area contributed by atoms with Gasteiger partial charge in [-0.3, -0.25) is 14.0 Å². The van der Waals surface area contributed by atoms with Crippen LogP contribution in [0.3, 0.4) is 0 Å². The average Bonchev–Trinajstić information content (AvgIpc) is 3.13. The maximum atomic E-state index is 12.8. The van der Waals surface area contributed by atoms with Crippen LogP contribution in [0.25, 0.3) is 5.65 Å². The van der Waals surface area contributed by atoms with Crippen LogP contribution in [0.2, 0.25) is 0 Å². The summed E-state index contributed by atoms with van der Waals surface area (Å²) in [5.74, 6) is 1.21. The maximum absolute atomic E-state index is 12.8. The summed E-state index contributed by atoms with van der Waals surface area (Å²) in [7, 11) is 0. The van der Waals surface area contributed by atoms with Crippen molar-refractivity contribution < 1.29 is 19.0 Å². The molecule has 0 bridgehead atoms. The molecule has 3 heterocycles. The van der Waals surface area contributed by atoms with Crippen LogP contribution < -0.4 is 25.1 Å². The highest BCUT2D eigenvalue weighted by Crippen LogP contribution is 2.35. The van der Waals surface area contributed by atoms with Gasteiger partial charge in [-0.05, 0) is 44.5 Å². The predicted octanol–water partition coefficient (Wildman–Crippen LogP) is 2.45. The van der Waals surface area contributed by atoms with Crippen molar-refractivity contribution in [1.82, 2.24) is 9.38 Å². The molecule has 28 heavy (non-hydrogen) atoms. The van der Waals surface area contributed by atoms with Gasteiger partial charge in [0.15, 0.2) is 17.6 Å². The van der Waals surface area contributed by atoms with Gasteiger partial charge < -0.3 is 19.5 Å². The normalized spacial score (nSPS) is 13.4. The summed E-state index contributed by atoms with van der Waals surface area (Å²) in [6, 6.07) is 8.71. The topological polar surface area (TPSA) is 91.2 Å². The van der Waals surface area contributed by atoms with Crippen LogP contribution in [-0.2, 0) is 4.79 Å². The van der Waals surface area contributed by atoms with Gasteiger partial charge in [0.05, 0.1) is 5.69 Å². The third kappa shape index (κ3) is 3.24. The number of hydrogen-bond acceptors (Lipinski definition) is 6. The molecule has 1 aromatic carbocycles. The Kier molecular flexibility index (Phi) is 4.38. The Labute approximate surface area is 160 Å². The lowest BCUT2D eigenvalue weighted by atomic mass is 10.2. The summed E-state index contributed by atoms with van der Waals surface area (Å²) in [4.78, 5) is 29.8. The summed E-state index contributed by atoms with van der Waals surface area (Å²) in [5.41, 5.74) is 1.68. The molecule has 0 saturated carbocycles. The number of benzene rings is 1. The Morgan fingerprint density at radius 1 is 1.21 bits per heavy atom. The second kappa shape index (κ2) is 6.88. The van der Waals surface area contributed by atoms with E-state index in [1.807, 2.05) is 13.0 Å². The fourth-order valence-corrected chi connectivity index (χ4v) is 2.93. The number of pyridine rings is 1. The van der Waals surface area contributed by atoms with E-state index in [2.05, 4.69) is 10.3 Å². The highest BCUT2D eigenvalue weighted by Gasteiger charge is 2.20. The third-order valence-corrected chi connectivity index (χ3v) is 4.43. The number of nitrogens with one attached hydrogen (secondary N) is 1. The van der Waals surface area contributed by atoms with Crippen molar-refractivity contribution in [3.8, 4) is 17.2 Å². The number of aryl methyl sites for hydroxylation is 2. The van der Waals surface area contributed by atoms with Crippen molar-refractivity contribution in [1.29, 1.82) is 0 Å². The van der Waals surface area contributed by atoms with Gasteiger partial charge in [-0.15, -0.1) is 0 Å². The van der Waals surface area contributed by atoms with Crippen LogP contribution >= 0.6 is 0 Å². The Balaban J connectivity index is 1.55. The average molecular weight is 381 g/mol. The lowest BCUT2D eigenvalue weighted by Gasteiger charge is -2.16. The molecular formula is C20H19N3O5. The van der Waals surface area contributed by atoms with Crippen LogP contribution in [0.15, 0.2) is 41.3 Å². The van der Waals surface area contributed by atoms with Gasteiger partial charge >= 0.3 is 0 Å². The van der Waals surface area contributed by atoms with E-state index in [1.165, 1.54) is 4.40 Å². The molecule has 1 N–H and O–H groups in total. The number of amides is 1. The molecule has 0 fully saturated rings. The molecular weight excluding hydrogens is 362 g/mol. The second-order valence-corrected chi connectivity index (χ2v) is 6.58. The summed E-state index contributed by atoms with van der Waals surface area (Å²) in [6.07, 6.45) is 0.851. The zero-order valence-corrected chi connectivity index (χ0v) is 15.7. The monoisotopic (exact) mass is 381 g/mol. The minimum Gasteiger partial charge on any atom is -0.481 e. The lowest BCUT2D eigenvalue weighted by molar-refractivity contribution is -0.122. The first kappa shape index (κ1) is 17.8. The smallest absolute Gasteiger partial charge is 0.281 e. The van der Waals surface area contributed by atoms with E-state index in [9.17, 15) is 9.59 Å². The Hall–Kier alpha value is -3.55. The zero-order chi connectivity index (χ0) is 19.8. The quantitative estimate of drug-likeness (QED) is 0.746. The number of ether oxygens (including phenoxy) is 3. The number of nitrogens with zero attached hydrogens (tertiary/aromatic N) is 2. The fourth-order valence-electron chi connectivity index (χ4n) is 2.93. The molecule has 1 amide bonds. The molecule has 4 rings (SSSR count). The summed E-state index contributed by atoms with van der Waals surface area (Å²) >= 11 is 0. The van der Waals surface area contributed by atoms with Gasteiger partial charge in [0.1, 0.15) is 17.1 Å². The number of rotatable bonds is 4. The highest BCUT2D eigenvalue weighted by molar-refractivity contribution is 5.94. The first-order valence-corrected chi connectivity index (χ1v) is 8.79. The second-order valence-electron chi connectivity index (χ2n) is 6.58. The number of fused-ring (bicyclic) bond motifs is 2. The Morgan fingerprint density at radius 2 is 2.00 bits per heavy atom. The minimum atomic E-state index is -0.836. The molecule has 1 aliphatic rings. The van der Waals surface area contributed by atoms with Crippen LogP contribution in [0.4, 0.5) is 5.69 Å². The van der Waals surface area contributed by atoms with Crippen molar-refractivity contribution in [3.63, 3.8) is 0 Å². The fraction of sp³-hybridized carbons (Fsp3) is 0.250. The largest absolute Gasteiger partial charge is 0.481 e. The summed E-state index contributed by atoms with van der Waals surface area (Å²) < 4.78 is 17.7. The van der Waals surface area contributed by atoms with E-state index in [0.29, 0.717) is 28.6 Å². The number of carbonyl (C=O) groups is 1. The van der Waals surface area contributed by atoms with Crippen molar-refractivity contribution in [2.45, 2.75) is 26.9 Å². The molecule has 8 heteroatoms. The minimum absolute atomic E-state index is 0.134. The summed E-state index contributed by atoms with van der Waals surface area (Å²) in [5, 5.41) is 2.65. The molecule has 3 aromatic rings. The lowest BCUT2D eigenvalue weighted by Crippen LogP contribution is -2.33. The Morgan fingerprint density at radius 3 is 2.82 bits per heavy atom. The van der Waals surface area contributed by atoms with Gasteiger partial charge in [0, 0.05) is 12.3 Å². The zero-order valence-electron chi connectivity index (χ0n) is 15.7.